The fourth-order valence-electron chi connectivity index (χ4n) is 6.68. The van der Waals surface area contributed by atoms with Crippen LogP contribution >= 0.6 is 0 Å². The lowest BCUT2D eigenvalue weighted by Crippen LogP contribution is -2.47. The maximum Gasteiger partial charge on any atom is 0.407 e. The molecule has 1 saturated heterocycles. The molecule has 3 aromatic carbocycles. The molecule has 15 nitrogen and oxygen atoms in total. The van der Waals surface area contributed by atoms with Gasteiger partial charge in [0.05, 0.1) is 54.5 Å². The highest BCUT2D eigenvalue weighted by atomic mass is 16.6. The van der Waals surface area contributed by atoms with Crippen molar-refractivity contribution in [1.29, 1.82) is 0 Å². The van der Waals surface area contributed by atoms with Gasteiger partial charge in [-0.05, 0) is 116 Å². The average Bonchev–Trinajstić information content (AvgIpc) is 3.23. The number of carbonyl (C=O) groups excluding carboxylic acids is 5. The van der Waals surface area contributed by atoms with Crippen molar-refractivity contribution in [3.05, 3.63) is 76.9 Å². The summed E-state index contributed by atoms with van der Waals surface area (Å²) in [6.45, 7) is 13.5. The molecule has 0 spiro atoms. The molecule has 1 heterocycles. The number of likely N-dealkylation sites (N-methyl/N-ethyl adjacent to an activating group) is 1. The van der Waals surface area contributed by atoms with Gasteiger partial charge in [-0.25, -0.2) is 4.79 Å². The monoisotopic (exact) mass is 859 g/mol. The third-order valence-corrected chi connectivity index (χ3v) is 10.1. The molecule has 0 saturated carbocycles. The molecule has 0 atom stereocenters. The van der Waals surface area contributed by atoms with E-state index in [2.05, 4.69) is 17.3 Å². The van der Waals surface area contributed by atoms with Crippen LogP contribution in [0.5, 0.6) is 17.2 Å². The minimum absolute atomic E-state index is 0.000886. The molecular formula is C47H65N5O10. The highest BCUT2D eigenvalue weighted by Gasteiger charge is 2.27. The van der Waals surface area contributed by atoms with E-state index < -0.39 is 23.4 Å². The highest BCUT2D eigenvalue weighted by Crippen LogP contribution is 2.36. The molecule has 0 aromatic heterocycles. The van der Waals surface area contributed by atoms with E-state index >= 15 is 0 Å². The van der Waals surface area contributed by atoms with Crippen molar-refractivity contribution in [3.63, 3.8) is 0 Å². The number of benzene rings is 3. The summed E-state index contributed by atoms with van der Waals surface area (Å²) >= 11 is 0. The molecule has 3 N–H and O–H groups in total. The summed E-state index contributed by atoms with van der Waals surface area (Å²) < 4.78 is 28.7. The maximum absolute atomic E-state index is 14.3. The molecule has 0 radical (unpaired) electrons. The predicted molar refractivity (Wildman–Crippen MR) is 238 cm³/mol. The molecule has 62 heavy (non-hydrogen) atoms. The molecule has 4 rings (SSSR count). The minimum atomic E-state index is -0.621. The van der Waals surface area contributed by atoms with E-state index in [0.29, 0.717) is 43.2 Å². The Morgan fingerprint density at radius 2 is 1.45 bits per heavy atom. The van der Waals surface area contributed by atoms with E-state index in [1.165, 1.54) is 17.0 Å². The fourth-order valence-corrected chi connectivity index (χ4v) is 6.68. The number of nitrogens with one attached hydrogen (secondary N) is 1. The number of ether oxygens (including phenoxy) is 5. The second kappa shape index (κ2) is 24.0. The Labute approximate surface area is 366 Å². The lowest BCUT2D eigenvalue weighted by atomic mass is 9.98. The van der Waals surface area contributed by atoms with Crippen molar-refractivity contribution >= 4 is 41.0 Å². The Morgan fingerprint density at radius 3 is 2.18 bits per heavy atom. The van der Waals surface area contributed by atoms with Crippen molar-refractivity contribution in [1.82, 2.24) is 15.1 Å². The molecule has 3 amide bonds. The van der Waals surface area contributed by atoms with Crippen LogP contribution in [0.15, 0.2) is 54.6 Å². The van der Waals surface area contributed by atoms with Crippen LogP contribution in [0.3, 0.4) is 0 Å². The Bertz CT molecular complexity index is 1990. The number of unbranched alkanes of at least 4 members (excludes halogenated alkanes) is 2. The number of piperazine rings is 1. The molecule has 0 unspecified atom stereocenters. The van der Waals surface area contributed by atoms with Crippen molar-refractivity contribution < 1.29 is 47.7 Å². The predicted octanol–water partition coefficient (Wildman–Crippen LogP) is 6.81. The van der Waals surface area contributed by atoms with E-state index in [1.54, 1.807) is 59.0 Å². The quantitative estimate of drug-likeness (QED) is 0.0467. The smallest absolute Gasteiger partial charge is 0.407 e. The number of hydrogen-bond donors (Lipinski definition) is 2. The van der Waals surface area contributed by atoms with Crippen LogP contribution in [-0.4, -0.2) is 118 Å². The first-order chi connectivity index (χ1) is 29.6. The third kappa shape index (κ3) is 15.0. The summed E-state index contributed by atoms with van der Waals surface area (Å²) in [5, 5.41) is 2.69. The Balaban J connectivity index is 1.48. The maximum atomic E-state index is 14.3. The first-order valence-corrected chi connectivity index (χ1v) is 21.5. The second-order valence-electron chi connectivity index (χ2n) is 16.3. The molecule has 3 aromatic rings. The van der Waals surface area contributed by atoms with Gasteiger partial charge in [0.2, 0.25) is 11.7 Å². The number of esters is 1. The van der Waals surface area contributed by atoms with Gasteiger partial charge in [0, 0.05) is 52.6 Å². The van der Waals surface area contributed by atoms with Gasteiger partial charge in [-0.1, -0.05) is 18.2 Å². The zero-order chi connectivity index (χ0) is 45.2. The van der Waals surface area contributed by atoms with Gasteiger partial charge in [0.1, 0.15) is 17.1 Å². The number of nitrogens with two attached hydrogens (primary N) is 1. The molecule has 0 bridgehead atoms. The second-order valence-corrected chi connectivity index (χ2v) is 16.3. The number of alkyl carbamates (subject to hydrolysis) is 1. The Kier molecular flexibility index (Phi) is 18.9. The minimum Gasteiger partial charge on any atom is -0.493 e. The van der Waals surface area contributed by atoms with Crippen molar-refractivity contribution in [2.24, 2.45) is 0 Å². The summed E-state index contributed by atoms with van der Waals surface area (Å²) in [4.78, 5) is 70.9. The zero-order valence-corrected chi connectivity index (χ0v) is 37.5. The lowest BCUT2D eigenvalue weighted by molar-refractivity contribution is -0.143. The Morgan fingerprint density at radius 1 is 0.774 bits per heavy atom. The van der Waals surface area contributed by atoms with Gasteiger partial charge >= 0.3 is 12.1 Å². The van der Waals surface area contributed by atoms with Crippen LogP contribution in [0.25, 0.3) is 0 Å². The standard InChI is InChI=1S/C47H65N5O10/c1-8-58-41(54)19-14-30-61-44-36(43(55)34-16-11-12-17-38(34)59-31-15-24-49-46(57)62-47(3,4)5)22-21-35(42(44)48)45(56)51(7)37-23-20-33(2)32-39(37)60-29-13-9-10-18-40(53)52-27-25-50(6)26-28-52/h11-12,16-17,20-23,32H,8-10,13-15,18-19,24-31,48H2,1-7H3,(H,49,57). The van der Waals surface area contributed by atoms with Crippen LogP contribution in [0.2, 0.25) is 0 Å². The molecule has 1 aliphatic heterocycles. The number of hydrogen-bond acceptors (Lipinski definition) is 12. The van der Waals surface area contributed by atoms with Gasteiger partial charge in [-0.3, -0.25) is 19.2 Å². The molecular weight excluding hydrogens is 795 g/mol. The van der Waals surface area contributed by atoms with Gasteiger partial charge in [-0.2, -0.15) is 0 Å². The molecule has 15 heteroatoms. The molecule has 1 fully saturated rings. The number of anilines is 2. The molecule has 1 aliphatic rings. The van der Waals surface area contributed by atoms with Gasteiger partial charge in [0.25, 0.3) is 5.91 Å². The van der Waals surface area contributed by atoms with Crippen molar-refractivity contribution in [3.8, 4) is 17.2 Å². The summed E-state index contributed by atoms with van der Waals surface area (Å²) in [5.41, 5.74) is 7.98. The number of ketones is 1. The van der Waals surface area contributed by atoms with Crippen LogP contribution in [0.1, 0.15) is 104 Å². The normalized spacial score (nSPS) is 12.9. The largest absolute Gasteiger partial charge is 0.493 e. The van der Waals surface area contributed by atoms with Crippen LogP contribution in [-0.2, 0) is 19.1 Å². The van der Waals surface area contributed by atoms with Gasteiger partial charge in [-0.15, -0.1) is 0 Å². The number of amides is 3. The van der Waals surface area contributed by atoms with E-state index in [1.807, 2.05) is 30.0 Å². The third-order valence-electron chi connectivity index (χ3n) is 10.1. The SMILES string of the molecule is CCOC(=O)CCCOc1c(C(=O)c2ccccc2OCCCNC(=O)OC(C)(C)C)ccc(C(=O)N(C)c2ccc(C)cc2OCCCCCC(=O)N2CCN(C)CC2)c1N. The average molecular weight is 860 g/mol. The fraction of sp³-hybridized carbons (Fsp3) is 0.511. The van der Waals surface area contributed by atoms with Crippen molar-refractivity contribution in [2.45, 2.75) is 85.2 Å². The van der Waals surface area contributed by atoms with E-state index in [0.717, 1.165) is 51.0 Å². The van der Waals surface area contributed by atoms with E-state index in [-0.39, 0.29) is 72.7 Å². The number of aryl methyl sites for hydroxylation is 1. The summed E-state index contributed by atoms with van der Waals surface area (Å²) in [5.74, 6) is -0.270. The first kappa shape index (κ1) is 48.8. The lowest BCUT2D eigenvalue weighted by Gasteiger charge is -2.32. The van der Waals surface area contributed by atoms with Crippen LogP contribution in [0.4, 0.5) is 16.2 Å². The number of carbonyl (C=O) groups is 5. The summed E-state index contributed by atoms with van der Waals surface area (Å²) in [6.07, 6.45) is 3.11. The molecule has 338 valence electrons. The van der Waals surface area contributed by atoms with Crippen molar-refractivity contribution in [2.75, 3.05) is 83.9 Å². The van der Waals surface area contributed by atoms with Gasteiger partial charge < -0.3 is 49.4 Å². The highest BCUT2D eigenvalue weighted by molar-refractivity contribution is 6.16. The zero-order valence-electron chi connectivity index (χ0n) is 37.5. The van der Waals surface area contributed by atoms with Crippen LogP contribution < -0.4 is 30.2 Å². The van der Waals surface area contributed by atoms with E-state index in [9.17, 15) is 24.0 Å². The number of rotatable bonds is 22. The Hall–Kier alpha value is -5.83. The first-order valence-electron chi connectivity index (χ1n) is 21.5. The molecule has 0 aliphatic carbocycles. The summed E-state index contributed by atoms with van der Waals surface area (Å²) in [6, 6.07) is 15.3. The topological polar surface area (TPSA) is 179 Å². The van der Waals surface area contributed by atoms with Crippen LogP contribution in [0, 0.1) is 6.92 Å². The number of nitrogens with zero attached hydrogens (tertiary/aromatic N) is 3. The number of para-hydroxylation sites is 1. The van der Waals surface area contributed by atoms with Gasteiger partial charge in [0.15, 0.2) is 5.75 Å². The number of nitrogen functional groups attached to an aromatic ring is 1. The van der Waals surface area contributed by atoms with E-state index in [4.69, 9.17) is 29.4 Å². The summed E-state index contributed by atoms with van der Waals surface area (Å²) in [7, 11) is 3.69.